The van der Waals surface area contributed by atoms with E-state index in [2.05, 4.69) is 20.0 Å². The van der Waals surface area contributed by atoms with E-state index in [1.807, 2.05) is 12.1 Å². The van der Waals surface area contributed by atoms with Crippen LogP contribution < -0.4 is 14.8 Å². The molecule has 1 aliphatic rings. The number of methoxy groups -OCH3 is 1. The average molecular weight is 646 g/mol. The number of β-lactam (4-membered cyclic amide) rings is 1. The van der Waals surface area contributed by atoms with Gasteiger partial charge in [-0.2, -0.15) is 0 Å². The number of nitrogens with one attached hydrogen (secondary N) is 2. The van der Waals surface area contributed by atoms with Crippen LogP contribution in [-0.2, 0) is 19.7 Å². The molecule has 1 atom stereocenters. The molecule has 1 fully saturated rings. The Kier molecular flexibility index (Phi) is 8.06. The standard InChI is InChI=1S/C32H25F2N5O6S/c1-44-31-27(38-46(42,43)29-10-8-22(33)15-25(29)34)14-21(16-36-31)20-7-9-26-24(13-20)23(11-12-35-26)18-3-5-19(6-4-18)30(40)37-28-17-39(45-2)32(28)41/h3-16,28,38H,17H2,1-2H3,(H,37,40)/t28-/m0/s1. The summed E-state index contributed by atoms with van der Waals surface area (Å²) in [6.45, 7) is 0.272. The number of aromatic nitrogens is 2. The van der Waals surface area contributed by atoms with E-state index in [4.69, 9.17) is 9.57 Å². The summed E-state index contributed by atoms with van der Waals surface area (Å²) in [6.07, 6.45) is 3.16. The summed E-state index contributed by atoms with van der Waals surface area (Å²) in [4.78, 5) is 37.5. The Morgan fingerprint density at radius 2 is 1.70 bits per heavy atom. The number of carbonyl (C=O) groups is 2. The van der Waals surface area contributed by atoms with E-state index < -0.39 is 32.6 Å². The van der Waals surface area contributed by atoms with Gasteiger partial charge in [-0.1, -0.05) is 18.2 Å². The van der Waals surface area contributed by atoms with Crippen molar-refractivity contribution in [2.24, 2.45) is 0 Å². The van der Waals surface area contributed by atoms with Gasteiger partial charge in [0.05, 0.1) is 26.3 Å². The Balaban J connectivity index is 1.29. The molecule has 0 saturated carbocycles. The van der Waals surface area contributed by atoms with Gasteiger partial charge in [0.2, 0.25) is 5.88 Å². The van der Waals surface area contributed by atoms with Gasteiger partial charge in [0.1, 0.15) is 28.3 Å². The molecule has 11 nitrogen and oxygen atoms in total. The van der Waals surface area contributed by atoms with Gasteiger partial charge in [-0.25, -0.2) is 27.2 Å². The van der Waals surface area contributed by atoms with Crippen LogP contribution in [0.4, 0.5) is 14.5 Å². The molecule has 1 aliphatic heterocycles. The smallest absolute Gasteiger partial charge is 0.270 e. The number of anilines is 1. The number of benzene rings is 3. The lowest BCUT2D eigenvalue weighted by Gasteiger charge is -2.35. The Bertz CT molecular complexity index is 2110. The Morgan fingerprint density at radius 1 is 0.935 bits per heavy atom. The molecule has 3 heterocycles. The number of hydrogen-bond acceptors (Lipinski definition) is 8. The molecule has 1 saturated heterocycles. The maximum Gasteiger partial charge on any atom is 0.270 e. The maximum absolute atomic E-state index is 14.3. The first kappa shape index (κ1) is 30.6. The third-order valence-corrected chi connectivity index (χ3v) is 8.82. The van der Waals surface area contributed by atoms with E-state index in [-0.39, 0.29) is 29.9 Å². The molecule has 0 unspecified atom stereocenters. The first-order chi connectivity index (χ1) is 22.1. The van der Waals surface area contributed by atoms with Crippen LogP contribution in [0.5, 0.6) is 5.88 Å². The average Bonchev–Trinajstić information content (AvgIpc) is 3.05. The summed E-state index contributed by atoms with van der Waals surface area (Å²) in [6, 6.07) is 17.2. The summed E-state index contributed by atoms with van der Waals surface area (Å²) in [5, 5.41) is 4.62. The van der Waals surface area contributed by atoms with Crippen LogP contribution in [0.25, 0.3) is 33.2 Å². The van der Waals surface area contributed by atoms with Crippen molar-refractivity contribution >= 4 is 38.4 Å². The fourth-order valence-corrected chi connectivity index (χ4v) is 6.13. The van der Waals surface area contributed by atoms with Gasteiger partial charge in [-0.3, -0.25) is 24.1 Å². The van der Waals surface area contributed by atoms with E-state index in [9.17, 15) is 26.8 Å². The number of hydrogen-bond donors (Lipinski definition) is 2. The van der Waals surface area contributed by atoms with Crippen LogP contribution in [0.1, 0.15) is 10.4 Å². The number of hydroxylamine groups is 2. The predicted molar refractivity (Wildman–Crippen MR) is 164 cm³/mol. The van der Waals surface area contributed by atoms with Crippen LogP contribution in [0, 0.1) is 11.6 Å². The van der Waals surface area contributed by atoms with Gasteiger partial charge >= 0.3 is 0 Å². The van der Waals surface area contributed by atoms with E-state index in [1.54, 1.807) is 42.6 Å². The molecule has 0 bridgehead atoms. The SMILES string of the molecule is COc1ncc(-c2ccc3nccc(-c4ccc(C(=O)N[C@H]5CN(OC)C5=O)cc4)c3c2)cc1NS(=O)(=O)c1ccc(F)cc1F. The second-order valence-corrected chi connectivity index (χ2v) is 11.9. The van der Waals surface area contributed by atoms with Crippen molar-refractivity contribution in [2.75, 3.05) is 25.5 Å². The number of ether oxygens (including phenoxy) is 1. The molecule has 234 valence electrons. The summed E-state index contributed by atoms with van der Waals surface area (Å²) in [7, 11) is -1.77. The Labute approximate surface area is 261 Å². The number of fused-ring (bicyclic) bond motifs is 1. The highest BCUT2D eigenvalue weighted by molar-refractivity contribution is 7.92. The zero-order valence-corrected chi connectivity index (χ0v) is 25.1. The molecule has 14 heteroatoms. The second-order valence-electron chi connectivity index (χ2n) is 10.2. The van der Waals surface area contributed by atoms with Crippen molar-refractivity contribution < 1.29 is 36.4 Å². The summed E-state index contributed by atoms with van der Waals surface area (Å²) >= 11 is 0. The lowest BCUT2D eigenvalue weighted by Crippen LogP contribution is -2.63. The minimum atomic E-state index is -4.47. The number of sulfonamides is 1. The molecule has 0 radical (unpaired) electrons. The molecule has 2 amide bonds. The first-order valence-electron chi connectivity index (χ1n) is 13.8. The van der Waals surface area contributed by atoms with Crippen molar-refractivity contribution in [3.63, 3.8) is 0 Å². The van der Waals surface area contributed by atoms with E-state index >= 15 is 0 Å². The lowest BCUT2D eigenvalue weighted by molar-refractivity contribution is -0.202. The number of amides is 2. The monoisotopic (exact) mass is 645 g/mol. The molecule has 2 aromatic heterocycles. The lowest BCUT2D eigenvalue weighted by atomic mass is 9.97. The largest absolute Gasteiger partial charge is 0.480 e. The molecule has 46 heavy (non-hydrogen) atoms. The molecule has 2 N–H and O–H groups in total. The maximum atomic E-state index is 14.3. The van der Waals surface area contributed by atoms with Crippen LogP contribution >= 0.6 is 0 Å². The van der Waals surface area contributed by atoms with Gasteiger partial charge in [0.25, 0.3) is 21.8 Å². The van der Waals surface area contributed by atoms with Crippen molar-refractivity contribution in [3.8, 4) is 28.1 Å². The molecular weight excluding hydrogens is 620 g/mol. The highest BCUT2D eigenvalue weighted by Gasteiger charge is 2.38. The first-order valence-corrected chi connectivity index (χ1v) is 15.2. The quantitative estimate of drug-likeness (QED) is 0.223. The van der Waals surface area contributed by atoms with Crippen molar-refractivity contribution in [3.05, 3.63) is 102 Å². The summed E-state index contributed by atoms with van der Waals surface area (Å²) in [5.41, 5.74) is 3.81. The van der Waals surface area contributed by atoms with Crippen molar-refractivity contribution in [1.82, 2.24) is 20.3 Å². The normalized spacial score (nSPS) is 14.6. The zero-order valence-electron chi connectivity index (χ0n) is 24.3. The number of halogens is 2. The molecular formula is C32H25F2N5O6S. The van der Waals surface area contributed by atoms with Crippen LogP contribution in [0.3, 0.4) is 0 Å². The molecule has 0 aliphatic carbocycles. The molecule has 6 rings (SSSR count). The van der Waals surface area contributed by atoms with Crippen molar-refractivity contribution in [2.45, 2.75) is 10.9 Å². The zero-order chi connectivity index (χ0) is 32.6. The van der Waals surface area contributed by atoms with E-state index in [0.29, 0.717) is 28.3 Å². The topological polar surface area (TPSA) is 140 Å². The van der Waals surface area contributed by atoms with Gasteiger partial charge in [0, 0.05) is 35.0 Å². The molecule has 3 aromatic carbocycles. The number of carbonyl (C=O) groups excluding carboxylic acids is 2. The summed E-state index contributed by atoms with van der Waals surface area (Å²) in [5.74, 6) is -2.91. The predicted octanol–water partition coefficient (Wildman–Crippen LogP) is 4.55. The number of nitrogens with zero attached hydrogens (tertiary/aromatic N) is 3. The molecule has 5 aromatic rings. The van der Waals surface area contributed by atoms with Crippen molar-refractivity contribution in [1.29, 1.82) is 0 Å². The highest BCUT2D eigenvalue weighted by Crippen LogP contribution is 2.34. The number of pyridine rings is 2. The Hall–Kier alpha value is -5.47. The van der Waals surface area contributed by atoms with Crippen LogP contribution in [0.15, 0.2) is 90.1 Å². The van der Waals surface area contributed by atoms with Gasteiger partial charge < -0.3 is 10.1 Å². The van der Waals surface area contributed by atoms with Gasteiger partial charge in [0.15, 0.2) is 0 Å². The fourth-order valence-electron chi connectivity index (χ4n) is 5.03. The Morgan fingerprint density at radius 3 is 2.39 bits per heavy atom. The van der Waals surface area contributed by atoms with Gasteiger partial charge in [-0.15, -0.1) is 0 Å². The molecule has 0 spiro atoms. The minimum Gasteiger partial charge on any atom is -0.480 e. The van der Waals surface area contributed by atoms with Gasteiger partial charge in [-0.05, 0) is 65.2 Å². The third-order valence-electron chi connectivity index (χ3n) is 7.42. The van der Waals surface area contributed by atoms with E-state index in [0.717, 1.165) is 33.7 Å². The fraction of sp³-hybridized carbons (Fsp3) is 0.125. The third kappa shape index (κ3) is 5.82. The number of rotatable bonds is 9. The van der Waals surface area contributed by atoms with Crippen LogP contribution in [-0.4, -0.2) is 62.1 Å². The minimum absolute atomic E-state index is 0.0531. The summed E-state index contributed by atoms with van der Waals surface area (Å²) < 4.78 is 61.2. The van der Waals surface area contributed by atoms with E-state index in [1.165, 1.54) is 26.5 Å². The second kappa shape index (κ2) is 12.1. The van der Waals surface area contributed by atoms with Crippen LogP contribution in [0.2, 0.25) is 0 Å². The highest BCUT2D eigenvalue weighted by atomic mass is 32.2.